The third-order valence-corrected chi connectivity index (χ3v) is 3.59. The molecule has 0 saturated carbocycles. The van der Waals surface area contributed by atoms with Gasteiger partial charge in [-0.15, -0.1) is 0 Å². The SMILES string of the molecule is COCCCn1c(Cc2ccc(F)cc2)nc2cccnc21. The zero-order chi connectivity index (χ0) is 15.4. The maximum absolute atomic E-state index is 13.0. The van der Waals surface area contributed by atoms with E-state index in [1.165, 1.54) is 12.1 Å². The molecule has 0 saturated heterocycles. The molecular weight excluding hydrogens is 281 g/mol. The summed E-state index contributed by atoms with van der Waals surface area (Å²) in [5.41, 5.74) is 2.80. The zero-order valence-corrected chi connectivity index (χ0v) is 12.5. The predicted octanol–water partition coefficient (Wildman–Crippen LogP) is 3.20. The molecular formula is C17H18FN3O. The molecule has 5 heteroatoms. The Morgan fingerprint density at radius 1 is 1.18 bits per heavy atom. The molecule has 0 atom stereocenters. The molecule has 0 unspecified atom stereocenters. The minimum Gasteiger partial charge on any atom is -0.385 e. The van der Waals surface area contributed by atoms with Gasteiger partial charge in [0.25, 0.3) is 0 Å². The molecule has 2 aromatic heterocycles. The van der Waals surface area contributed by atoms with Crippen LogP contribution in [-0.2, 0) is 17.7 Å². The highest BCUT2D eigenvalue weighted by molar-refractivity contribution is 5.71. The van der Waals surface area contributed by atoms with Crippen LogP contribution in [0, 0.1) is 5.82 Å². The number of hydrogen-bond acceptors (Lipinski definition) is 3. The van der Waals surface area contributed by atoms with Gasteiger partial charge in [0, 0.05) is 32.9 Å². The summed E-state index contributed by atoms with van der Waals surface area (Å²) in [4.78, 5) is 9.11. The molecule has 3 rings (SSSR count). The van der Waals surface area contributed by atoms with Crippen molar-refractivity contribution < 1.29 is 9.13 Å². The van der Waals surface area contributed by atoms with Crippen LogP contribution in [0.5, 0.6) is 0 Å². The molecule has 0 radical (unpaired) electrons. The summed E-state index contributed by atoms with van der Waals surface area (Å²) in [6.07, 6.45) is 3.33. The quantitative estimate of drug-likeness (QED) is 0.656. The molecule has 0 spiro atoms. The summed E-state index contributed by atoms with van der Waals surface area (Å²) >= 11 is 0. The Balaban J connectivity index is 1.92. The van der Waals surface area contributed by atoms with Crippen LogP contribution < -0.4 is 0 Å². The minimum atomic E-state index is -0.223. The average molecular weight is 299 g/mol. The summed E-state index contributed by atoms with van der Waals surface area (Å²) in [6, 6.07) is 10.4. The lowest BCUT2D eigenvalue weighted by molar-refractivity contribution is 0.190. The smallest absolute Gasteiger partial charge is 0.159 e. The number of hydrogen-bond donors (Lipinski definition) is 0. The molecule has 22 heavy (non-hydrogen) atoms. The Kier molecular flexibility index (Phi) is 4.44. The average Bonchev–Trinajstić information content (AvgIpc) is 2.88. The van der Waals surface area contributed by atoms with Crippen LogP contribution in [0.4, 0.5) is 4.39 Å². The first-order valence-corrected chi connectivity index (χ1v) is 7.31. The molecule has 2 heterocycles. The maximum atomic E-state index is 13.0. The Labute approximate surface area is 128 Å². The lowest BCUT2D eigenvalue weighted by Crippen LogP contribution is -2.07. The van der Waals surface area contributed by atoms with Gasteiger partial charge in [0.2, 0.25) is 0 Å². The van der Waals surface area contributed by atoms with E-state index in [-0.39, 0.29) is 5.82 Å². The van der Waals surface area contributed by atoms with Crippen LogP contribution in [0.15, 0.2) is 42.6 Å². The van der Waals surface area contributed by atoms with E-state index >= 15 is 0 Å². The third kappa shape index (κ3) is 3.14. The Morgan fingerprint density at radius 2 is 2.00 bits per heavy atom. The predicted molar refractivity (Wildman–Crippen MR) is 83.2 cm³/mol. The number of rotatable bonds is 6. The van der Waals surface area contributed by atoms with E-state index in [1.54, 1.807) is 25.4 Å². The van der Waals surface area contributed by atoms with Gasteiger partial charge in [-0.1, -0.05) is 12.1 Å². The van der Waals surface area contributed by atoms with Crippen molar-refractivity contribution in [1.82, 2.24) is 14.5 Å². The fraction of sp³-hybridized carbons (Fsp3) is 0.294. The van der Waals surface area contributed by atoms with Crippen molar-refractivity contribution in [1.29, 1.82) is 0 Å². The second kappa shape index (κ2) is 6.66. The fourth-order valence-electron chi connectivity index (χ4n) is 2.53. The number of methoxy groups -OCH3 is 1. The number of ether oxygens (including phenoxy) is 1. The Morgan fingerprint density at radius 3 is 2.77 bits per heavy atom. The summed E-state index contributed by atoms with van der Waals surface area (Å²) in [6.45, 7) is 1.50. The normalized spacial score (nSPS) is 11.2. The Bertz CT molecular complexity index is 752. The number of fused-ring (bicyclic) bond motifs is 1. The van der Waals surface area contributed by atoms with E-state index in [0.29, 0.717) is 13.0 Å². The van der Waals surface area contributed by atoms with Crippen molar-refractivity contribution in [3.63, 3.8) is 0 Å². The topological polar surface area (TPSA) is 39.9 Å². The van der Waals surface area contributed by atoms with Crippen molar-refractivity contribution >= 4 is 11.2 Å². The van der Waals surface area contributed by atoms with E-state index in [1.807, 2.05) is 12.1 Å². The molecule has 0 aliphatic rings. The van der Waals surface area contributed by atoms with E-state index < -0.39 is 0 Å². The van der Waals surface area contributed by atoms with Gasteiger partial charge in [-0.25, -0.2) is 14.4 Å². The second-order valence-electron chi connectivity index (χ2n) is 5.18. The molecule has 0 amide bonds. The van der Waals surface area contributed by atoms with E-state index in [0.717, 1.165) is 35.5 Å². The van der Waals surface area contributed by atoms with Crippen molar-refractivity contribution in [2.45, 2.75) is 19.4 Å². The first kappa shape index (κ1) is 14.7. The van der Waals surface area contributed by atoms with E-state index in [9.17, 15) is 4.39 Å². The molecule has 0 aliphatic heterocycles. The number of aryl methyl sites for hydroxylation is 1. The second-order valence-corrected chi connectivity index (χ2v) is 5.18. The summed E-state index contributed by atoms with van der Waals surface area (Å²) in [7, 11) is 1.70. The van der Waals surface area contributed by atoms with E-state index in [4.69, 9.17) is 4.74 Å². The van der Waals surface area contributed by atoms with Gasteiger partial charge in [-0.05, 0) is 36.2 Å². The zero-order valence-electron chi connectivity index (χ0n) is 12.5. The summed E-state index contributed by atoms with van der Waals surface area (Å²) in [5, 5.41) is 0. The number of pyridine rings is 1. The number of imidazole rings is 1. The van der Waals surface area contributed by atoms with Gasteiger partial charge in [0.05, 0.1) is 0 Å². The van der Waals surface area contributed by atoms with Crippen LogP contribution in [0.3, 0.4) is 0 Å². The molecule has 3 aromatic rings. The van der Waals surface area contributed by atoms with E-state index in [2.05, 4.69) is 14.5 Å². The number of aromatic nitrogens is 3. The monoisotopic (exact) mass is 299 g/mol. The van der Waals surface area contributed by atoms with Crippen LogP contribution >= 0.6 is 0 Å². The highest BCUT2D eigenvalue weighted by Crippen LogP contribution is 2.17. The van der Waals surface area contributed by atoms with Crippen molar-refractivity contribution in [3.8, 4) is 0 Å². The summed E-state index contributed by atoms with van der Waals surface area (Å²) < 4.78 is 20.3. The molecule has 4 nitrogen and oxygen atoms in total. The van der Waals surface area contributed by atoms with Crippen molar-refractivity contribution in [2.75, 3.05) is 13.7 Å². The van der Waals surface area contributed by atoms with Gasteiger partial charge < -0.3 is 9.30 Å². The lowest BCUT2D eigenvalue weighted by atomic mass is 10.1. The number of benzene rings is 1. The molecule has 0 aliphatic carbocycles. The standard InChI is InChI=1S/C17H18FN3O/c1-22-11-3-10-21-16(12-13-5-7-14(18)8-6-13)20-15-4-2-9-19-17(15)21/h2,4-9H,3,10-12H2,1H3. The van der Waals surface area contributed by atoms with Crippen molar-refractivity contribution in [2.24, 2.45) is 0 Å². The van der Waals surface area contributed by atoms with Gasteiger partial charge in [-0.2, -0.15) is 0 Å². The molecule has 0 fully saturated rings. The molecule has 114 valence electrons. The molecule has 0 bridgehead atoms. The highest BCUT2D eigenvalue weighted by Gasteiger charge is 2.12. The minimum absolute atomic E-state index is 0.223. The van der Waals surface area contributed by atoms with Crippen LogP contribution in [0.2, 0.25) is 0 Å². The van der Waals surface area contributed by atoms with Gasteiger partial charge in [-0.3, -0.25) is 0 Å². The fourth-order valence-corrected chi connectivity index (χ4v) is 2.53. The van der Waals surface area contributed by atoms with Crippen LogP contribution in [0.1, 0.15) is 17.8 Å². The number of nitrogens with zero attached hydrogens (tertiary/aromatic N) is 3. The number of halogens is 1. The first-order chi connectivity index (χ1) is 10.8. The Hall–Kier alpha value is -2.27. The molecule has 1 aromatic carbocycles. The largest absolute Gasteiger partial charge is 0.385 e. The van der Waals surface area contributed by atoms with Gasteiger partial charge >= 0.3 is 0 Å². The molecule has 0 N–H and O–H groups in total. The van der Waals surface area contributed by atoms with Crippen molar-refractivity contribution in [3.05, 3.63) is 59.8 Å². The first-order valence-electron chi connectivity index (χ1n) is 7.31. The van der Waals surface area contributed by atoms with Gasteiger partial charge in [0.1, 0.15) is 17.2 Å². The summed E-state index contributed by atoms with van der Waals surface area (Å²) in [5.74, 6) is 0.718. The maximum Gasteiger partial charge on any atom is 0.159 e. The van der Waals surface area contributed by atoms with Gasteiger partial charge in [0.15, 0.2) is 5.65 Å². The van der Waals surface area contributed by atoms with Crippen LogP contribution in [0.25, 0.3) is 11.2 Å². The lowest BCUT2D eigenvalue weighted by Gasteiger charge is -2.08. The van der Waals surface area contributed by atoms with Crippen LogP contribution in [-0.4, -0.2) is 28.3 Å². The highest BCUT2D eigenvalue weighted by atomic mass is 19.1. The third-order valence-electron chi connectivity index (χ3n) is 3.59.